The maximum Gasteiger partial charge on any atom is 0.315 e. The molecular weight excluding hydrogens is 254 g/mol. The van der Waals surface area contributed by atoms with Gasteiger partial charge in [-0.2, -0.15) is 0 Å². The summed E-state index contributed by atoms with van der Waals surface area (Å²) in [5.74, 6) is 0. The molecule has 0 aromatic heterocycles. The normalized spacial score (nSPS) is 18.6. The van der Waals surface area contributed by atoms with Crippen LogP contribution in [0.25, 0.3) is 0 Å². The molecule has 1 saturated heterocycles. The number of aliphatic hydroxyl groups excluding tert-OH is 1. The van der Waals surface area contributed by atoms with Crippen molar-refractivity contribution >= 4 is 6.03 Å². The van der Waals surface area contributed by atoms with E-state index in [0.29, 0.717) is 13.0 Å². The van der Waals surface area contributed by atoms with Crippen LogP contribution in [0.4, 0.5) is 4.79 Å². The Balaban J connectivity index is 2.34. The van der Waals surface area contributed by atoms with E-state index in [4.69, 9.17) is 5.11 Å². The molecule has 0 saturated carbocycles. The lowest BCUT2D eigenvalue weighted by Gasteiger charge is -2.41. The van der Waals surface area contributed by atoms with Crippen molar-refractivity contribution in [3.8, 4) is 0 Å². The zero-order valence-corrected chi connectivity index (χ0v) is 13.2. The summed E-state index contributed by atoms with van der Waals surface area (Å²) in [5.41, 5.74) is -0.00352. The van der Waals surface area contributed by atoms with Gasteiger partial charge < -0.3 is 15.7 Å². The van der Waals surface area contributed by atoms with Gasteiger partial charge >= 0.3 is 6.03 Å². The van der Waals surface area contributed by atoms with E-state index in [2.05, 4.69) is 29.4 Å². The monoisotopic (exact) mass is 285 g/mol. The van der Waals surface area contributed by atoms with Gasteiger partial charge in [-0.1, -0.05) is 13.3 Å². The topological polar surface area (TPSA) is 64.6 Å². The Kier molecular flexibility index (Phi) is 7.30. The van der Waals surface area contributed by atoms with Gasteiger partial charge in [-0.05, 0) is 52.6 Å². The summed E-state index contributed by atoms with van der Waals surface area (Å²) in [6.45, 7) is 9.38. The molecule has 1 aliphatic heterocycles. The fraction of sp³-hybridized carbons (Fsp3) is 0.933. The van der Waals surface area contributed by atoms with Gasteiger partial charge in [0.15, 0.2) is 0 Å². The molecule has 5 heteroatoms. The number of carbonyl (C=O) groups is 1. The number of nitrogens with one attached hydrogen (secondary N) is 2. The third-order valence-electron chi connectivity index (χ3n) is 4.20. The van der Waals surface area contributed by atoms with Gasteiger partial charge in [-0.3, -0.25) is 4.90 Å². The molecule has 0 aromatic carbocycles. The number of aliphatic hydroxyl groups is 1. The van der Waals surface area contributed by atoms with E-state index >= 15 is 0 Å². The summed E-state index contributed by atoms with van der Waals surface area (Å²) in [7, 11) is 0. The van der Waals surface area contributed by atoms with E-state index < -0.39 is 0 Å². The smallest absolute Gasteiger partial charge is 0.315 e. The van der Waals surface area contributed by atoms with Crippen molar-refractivity contribution < 1.29 is 9.90 Å². The first kappa shape index (κ1) is 17.2. The molecule has 20 heavy (non-hydrogen) atoms. The summed E-state index contributed by atoms with van der Waals surface area (Å²) in [4.78, 5) is 14.4. The Morgan fingerprint density at radius 3 is 2.50 bits per heavy atom. The van der Waals surface area contributed by atoms with Gasteiger partial charge in [0, 0.05) is 24.7 Å². The third kappa shape index (κ3) is 5.67. The first-order chi connectivity index (χ1) is 9.49. The molecule has 0 bridgehead atoms. The molecule has 3 N–H and O–H groups in total. The van der Waals surface area contributed by atoms with E-state index in [9.17, 15) is 4.79 Å². The van der Waals surface area contributed by atoms with Crippen LogP contribution in [0, 0.1) is 0 Å². The summed E-state index contributed by atoms with van der Waals surface area (Å²) < 4.78 is 0. The van der Waals surface area contributed by atoms with E-state index in [1.54, 1.807) is 0 Å². The Bertz CT molecular complexity index is 289. The highest BCUT2D eigenvalue weighted by atomic mass is 16.3. The van der Waals surface area contributed by atoms with Crippen LogP contribution in [0.2, 0.25) is 0 Å². The minimum atomic E-state index is -0.129. The minimum absolute atomic E-state index is 0.00352. The summed E-state index contributed by atoms with van der Waals surface area (Å²) in [6.07, 6.45) is 5.27. The standard InChI is InChI=1S/C15H31N3O2/c1-4-13(8-11-19)17-14(20)16-12-15(2,3)18-9-6-5-7-10-18/h13,19H,4-12H2,1-3H3,(H2,16,17,20). The predicted molar refractivity (Wildman–Crippen MR) is 81.8 cm³/mol. The Hall–Kier alpha value is -0.810. The molecule has 1 aliphatic rings. The number of piperidine rings is 1. The molecule has 0 aromatic rings. The van der Waals surface area contributed by atoms with Gasteiger partial charge in [0.1, 0.15) is 0 Å². The molecule has 1 unspecified atom stereocenters. The van der Waals surface area contributed by atoms with Crippen LogP contribution in [0.3, 0.4) is 0 Å². The molecule has 118 valence electrons. The number of hydrogen-bond donors (Lipinski definition) is 3. The predicted octanol–water partition coefficient (Wildman–Crippen LogP) is 1.71. The lowest BCUT2D eigenvalue weighted by molar-refractivity contribution is 0.0958. The SMILES string of the molecule is CCC(CCO)NC(=O)NCC(C)(C)N1CCCCC1. The minimum Gasteiger partial charge on any atom is -0.396 e. The van der Waals surface area contributed by atoms with Crippen molar-refractivity contribution in [2.45, 2.75) is 64.5 Å². The second-order valence-electron chi connectivity index (χ2n) is 6.30. The van der Waals surface area contributed by atoms with Crippen LogP contribution >= 0.6 is 0 Å². The van der Waals surface area contributed by atoms with E-state index in [1.807, 2.05) is 6.92 Å². The number of amides is 2. The molecule has 2 amide bonds. The van der Waals surface area contributed by atoms with Crippen LogP contribution in [0.15, 0.2) is 0 Å². The number of rotatable bonds is 7. The van der Waals surface area contributed by atoms with Crippen LogP contribution in [-0.2, 0) is 0 Å². The highest BCUT2D eigenvalue weighted by molar-refractivity contribution is 5.74. The molecule has 1 fully saturated rings. The molecule has 0 radical (unpaired) electrons. The maximum absolute atomic E-state index is 11.9. The summed E-state index contributed by atoms with van der Waals surface area (Å²) in [5, 5.41) is 14.8. The molecule has 5 nitrogen and oxygen atoms in total. The second kappa shape index (κ2) is 8.47. The highest BCUT2D eigenvalue weighted by Crippen LogP contribution is 2.19. The number of nitrogens with zero attached hydrogens (tertiary/aromatic N) is 1. The number of carbonyl (C=O) groups excluding carboxylic acids is 1. The van der Waals surface area contributed by atoms with Gasteiger partial charge in [0.2, 0.25) is 0 Å². The first-order valence-electron chi connectivity index (χ1n) is 7.90. The molecule has 0 spiro atoms. The average molecular weight is 285 g/mol. The maximum atomic E-state index is 11.9. The quantitative estimate of drug-likeness (QED) is 0.667. The van der Waals surface area contributed by atoms with Crippen molar-refractivity contribution in [1.29, 1.82) is 0 Å². The highest BCUT2D eigenvalue weighted by Gasteiger charge is 2.28. The van der Waals surface area contributed by atoms with Crippen LogP contribution in [0.5, 0.6) is 0 Å². The summed E-state index contributed by atoms with van der Waals surface area (Å²) >= 11 is 0. The first-order valence-corrected chi connectivity index (χ1v) is 7.90. The Morgan fingerprint density at radius 2 is 1.95 bits per heavy atom. The summed E-state index contributed by atoms with van der Waals surface area (Å²) in [6, 6.07) is -0.0755. The van der Waals surface area contributed by atoms with Crippen LogP contribution < -0.4 is 10.6 Å². The second-order valence-corrected chi connectivity index (χ2v) is 6.30. The average Bonchev–Trinajstić information content (AvgIpc) is 2.46. The van der Waals surface area contributed by atoms with E-state index in [1.165, 1.54) is 19.3 Å². The fourth-order valence-corrected chi connectivity index (χ4v) is 2.68. The molecule has 0 aliphatic carbocycles. The van der Waals surface area contributed by atoms with Crippen LogP contribution in [-0.4, -0.2) is 53.9 Å². The van der Waals surface area contributed by atoms with Crippen LogP contribution in [0.1, 0.15) is 52.9 Å². The third-order valence-corrected chi connectivity index (χ3v) is 4.20. The number of hydrogen-bond acceptors (Lipinski definition) is 3. The van der Waals surface area contributed by atoms with E-state index in [-0.39, 0.29) is 24.2 Å². The van der Waals surface area contributed by atoms with Crippen molar-refractivity contribution in [3.63, 3.8) is 0 Å². The zero-order chi connectivity index (χ0) is 15.0. The molecular formula is C15H31N3O2. The molecule has 1 rings (SSSR count). The number of urea groups is 1. The zero-order valence-electron chi connectivity index (χ0n) is 13.2. The van der Waals surface area contributed by atoms with Gasteiger partial charge in [-0.15, -0.1) is 0 Å². The Labute approximate surface area is 123 Å². The largest absolute Gasteiger partial charge is 0.396 e. The van der Waals surface area contributed by atoms with Gasteiger partial charge in [0.05, 0.1) is 0 Å². The number of likely N-dealkylation sites (tertiary alicyclic amines) is 1. The lowest BCUT2D eigenvalue weighted by Crippen LogP contribution is -2.55. The molecule has 1 heterocycles. The van der Waals surface area contributed by atoms with Gasteiger partial charge in [-0.25, -0.2) is 4.79 Å². The molecule has 1 atom stereocenters. The van der Waals surface area contributed by atoms with Crippen molar-refractivity contribution in [2.75, 3.05) is 26.2 Å². The Morgan fingerprint density at radius 1 is 1.30 bits per heavy atom. The lowest BCUT2D eigenvalue weighted by atomic mass is 9.98. The van der Waals surface area contributed by atoms with Crippen molar-refractivity contribution in [1.82, 2.24) is 15.5 Å². The fourth-order valence-electron chi connectivity index (χ4n) is 2.68. The van der Waals surface area contributed by atoms with Crippen molar-refractivity contribution in [2.24, 2.45) is 0 Å². The van der Waals surface area contributed by atoms with Crippen molar-refractivity contribution in [3.05, 3.63) is 0 Å². The van der Waals surface area contributed by atoms with E-state index in [0.717, 1.165) is 19.5 Å². The van der Waals surface area contributed by atoms with Gasteiger partial charge in [0.25, 0.3) is 0 Å².